The van der Waals surface area contributed by atoms with E-state index in [1.54, 1.807) is 4.68 Å². The van der Waals surface area contributed by atoms with Crippen molar-refractivity contribution in [2.75, 3.05) is 13.6 Å². The Morgan fingerprint density at radius 3 is 2.56 bits per heavy atom. The summed E-state index contributed by atoms with van der Waals surface area (Å²) in [5.41, 5.74) is 1.14. The second kappa shape index (κ2) is 5.62. The predicted octanol–water partition coefficient (Wildman–Crippen LogP) is 3.01. The van der Waals surface area contributed by atoms with Gasteiger partial charge in [-0.2, -0.15) is 4.68 Å². The third-order valence-electron chi connectivity index (χ3n) is 6.52. The first-order valence-corrected chi connectivity index (χ1v) is 10.1. The van der Waals surface area contributed by atoms with E-state index in [9.17, 15) is 4.79 Å². The van der Waals surface area contributed by atoms with Gasteiger partial charge in [0.05, 0.1) is 5.69 Å². The Bertz CT molecular complexity index is 748. The lowest BCUT2D eigenvalue weighted by atomic mass is 9.49. The Labute approximate surface area is 151 Å². The smallest absolute Gasteiger partial charge is 0.265 e. The minimum Gasteiger partial charge on any atom is -0.340 e. The largest absolute Gasteiger partial charge is 0.340 e. The highest BCUT2D eigenvalue weighted by atomic mass is 32.1. The van der Waals surface area contributed by atoms with Crippen LogP contribution in [-0.4, -0.2) is 44.6 Å². The van der Waals surface area contributed by atoms with E-state index in [1.807, 2.05) is 23.4 Å². The molecule has 7 heteroatoms. The average Bonchev–Trinajstić information content (AvgIpc) is 3.23. The molecule has 2 heterocycles. The van der Waals surface area contributed by atoms with Gasteiger partial charge >= 0.3 is 0 Å². The topological polar surface area (TPSA) is 63.9 Å². The quantitative estimate of drug-likeness (QED) is 0.844. The molecule has 0 saturated heterocycles. The van der Waals surface area contributed by atoms with E-state index >= 15 is 0 Å². The highest BCUT2D eigenvalue weighted by molar-refractivity contribution is 7.12. The van der Waals surface area contributed by atoms with Gasteiger partial charge in [0.1, 0.15) is 11.2 Å². The minimum atomic E-state index is 0.0937. The van der Waals surface area contributed by atoms with Crippen LogP contribution in [0.3, 0.4) is 0 Å². The van der Waals surface area contributed by atoms with Crippen molar-refractivity contribution in [2.45, 2.75) is 38.5 Å². The zero-order chi connectivity index (χ0) is 17.0. The van der Waals surface area contributed by atoms with Crippen LogP contribution in [-0.2, 0) is 0 Å². The number of amides is 1. The van der Waals surface area contributed by atoms with Crippen molar-refractivity contribution >= 4 is 17.2 Å². The summed E-state index contributed by atoms with van der Waals surface area (Å²) in [7, 11) is 1.96. The fraction of sp³-hybridized carbons (Fsp3) is 0.667. The van der Waals surface area contributed by atoms with Crippen LogP contribution in [0.2, 0.25) is 0 Å². The normalized spacial score (nSPS) is 32.9. The van der Waals surface area contributed by atoms with E-state index in [0.717, 1.165) is 34.9 Å². The summed E-state index contributed by atoms with van der Waals surface area (Å²) in [6.07, 6.45) is 9.81. The van der Waals surface area contributed by atoms with Gasteiger partial charge in [0, 0.05) is 13.6 Å². The van der Waals surface area contributed by atoms with Crippen molar-refractivity contribution in [2.24, 2.45) is 23.2 Å². The second-order valence-corrected chi connectivity index (χ2v) is 9.38. The molecule has 0 atom stereocenters. The van der Waals surface area contributed by atoms with Crippen LogP contribution in [0.5, 0.6) is 0 Å². The van der Waals surface area contributed by atoms with Gasteiger partial charge in [-0.15, -0.1) is 16.4 Å². The molecule has 4 fully saturated rings. The van der Waals surface area contributed by atoms with Gasteiger partial charge in [-0.3, -0.25) is 4.79 Å². The van der Waals surface area contributed by atoms with E-state index < -0.39 is 0 Å². The number of carbonyl (C=O) groups excluding carboxylic acids is 1. The van der Waals surface area contributed by atoms with Gasteiger partial charge in [-0.1, -0.05) is 0 Å². The van der Waals surface area contributed by atoms with E-state index in [0.29, 0.717) is 5.41 Å². The van der Waals surface area contributed by atoms with Crippen molar-refractivity contribution in [3.05, 3.63) is 22.7 Å². The number of hydrogen-bond donors (Lipinski definition) is 0. The molecule has 0 aromatic carbocycles. The van der Waals surface area contributed by atoms with Gasteiger partial charge in [-0.25, -0.2) is 0 Å². The number of nitrogens with zero attached hydrogens (tertiary/aromatic N) is 5. The molecule has 2 aromatic heterocycles. The summed E-state index contributed by atoms with van der Waals surface area (Å²) in [5, 5.41) is 13.2. The summed E-state index contributed by atoms with van der Waals surface area (Å²) in [6.45, 7) is 0.891. The van der Waals surface area contributed by atoms with Gasteiger partial charge in [0.2, 0.25) is 0 Å². The number of rotatable bonds is 4. The number of carbonyl (C=O) groups is 1. The summed E-state index contributed by atoms with van der Waals surface area (Å²) in [6, 6.07) is 1.91. The Morgan fingerprint density at radius 2 is 1.96 bits per heavy atom. The second-order valence-electron chi connectivity index (χ2n) is 8.47. The first kappa shape index (κ1) is 15.5. The molecule has 0 N–H and O–H groups in total. The summed E-state index contributed by atoms with van der Waals surface area (Å²) in [5.74, 6) is 2.83. The van der Waals surface area contributed by atoms with Crippen LogP contribution in [0.25, 0.3) is 5.69 Å². The third-order valence-corrected chi connectivity index (χ3v) is 7.41. The van der Waals surface area contributed by atoms with E-state index in [-0.39, 0.29) is 5.91 Å². The van der Waals surface area contributed by atoms with Crippen molar-refractivity contribution in [3.8, 4) is 5.69 Å². The van der Waals surface area contributed by atoms with Crippen LogP contribution in [0, 0.1) is 23.2 Å². The highest BCUT2D eigenvalue weighted by Crippen LogP contribution is 2.60. The molecule has 0 unspecified atom stereocenters. The van der Waals surface area contributed by atoms with Gasteiger partial charge in [0.15, 0.2) is 0 Å². The maximum absolute atomic E-state index is 13.1. The Morgan fingerprint density at radius 1 is 1.28 bits per heavy atom. The lowest BCUT2D eigenvalue weighted by Gasteiger charge is -2.57. The van der Waals surface area contributed by atoms with Crippen molar-refractivity contribution < 1.29 is 4.79 Å². The fourth-order valence-corrected chi connectivity index (χ4v) is 7.02. The zero-order valence-electron chi connectivity index (χ0n) is 14.5. The molecule has 0 aliphatic heterocycles. The van der Waals surface area contributed by atoms with Gasteiger partial charge in [-0.05, 0) is 83.6 Å². The lowest BCUT2D eigenvalue weighted by Crippen LogP contribution is -2.51. The monoisotopic (exact) mass is 357 g/mol. The van der Waals surface area contributed by atoms with Crippen LogP contribution in [0.15, 0.2) is 17.8 Å². The molecule has 6 rings (SSSR count). The summed E-state index contributed by atoms with van der Waals surface area (Å²) < 4.78 is 1.57. The zero-order valence-corrected chi connectivity index (χ0v) is 15.3. The molecular formula is C18H23N5OS. The molecule has 4 bridgehead atoms. The first-order valence-electron chi connectivity index (χ1n) is 9.18. The summed E-state index contributed by atoms with van der Waals surface area (Å²) in [4.78, 5) is 15.8. The van der Waals surface area contributed by atoms with Gasteiger partial charge in [0.25, 0.3) is 5.91 Å². The lowest BCUT2D eigenvalue weighted by molar-refractivity contribution is -0.0628. The first-order chi connectivity index (χ1) is 12.1. The van der Waals surface area contributed by atoms with Crippen molar-refractivity contribution in [3.63, 3.8) is 0 Å². The molecular weight excluding hydrogens is 334 g/mol. The fourth-order valence-electron chi connectivity index (χ4n) is 6.15. The van der Waals surface area contributed by atoms with Crippen molar-refractivity contribution in [1.29, 1.82) is 0 Å². The standard InChI is InChI=1S/C18H23N5OS/c1-22(10-18-7-12-4-13(8-18)6-14(5-12)9-18)17(24)16-15(2-3-25-16)23-11-19-20-21-23/h2-3,11-14H,4-10H2,1H3. The van der Waals surface area contributed by atoms with E-state index in [2.05, 4.69) is 15.5 Å². The van der Waals surface area contributed by atoms with Crippen LogP contribution >= 0.6 is 11.3 Å². The Hall–Kier alpha value is -1.76. The molecule has 1 amide bonds. The van der Waals surface area contributed by atoms with Crippen LogP contribution in [0.4, 0.5) is 0 Å². The molecule has 0 radical (unpaired) electrons. The Balaban J connectivity index is 1.36. The molecule has 4 saturated carbocycles. The minimum absolute atomic E-state index is 0.0937. The van der Waals surface area contributed by atoms with E-state index in [4.69, 9.17) is 0 Å². The average molecular weight is 357 g/mol. The third kappa shape index (κ3) is 2.60. The maximum atomic E-state index is 13.1. The van der Waals surface area contributed by atoms with Crippen molar-refractivity contribution in [1.82, 2.24) is 25.1 Å². The number of hydrogen-bond acceptors (Lipinski definition) is 5. The number of thiophene rings is 1. The van der Waals surface area contributed by atoms with E-state index in [1.165, 1.54) is 56.2 Å². The number of tetrazole rings is 1. The maximum Gasteiger partial charge on any atom is 0.265 e. The highest BCUT2D eigenvalue weighted by Gasteiger charge is 2.51. The van der Waals surface area contributed by atoms with Crippen LogP contribution < -0.4 is 0 Å². The molecule has 0 spiro atoms. The summed E-state index contributed by atoms with van der Waals surface area (Å²) >= 11 is 1.47. The van der Waals surface area contributed by atoms with Gasteiger partial charge < -0.3 is 4.90 Å². The SMILES string of the molecule is CN(CC12CC3CC(CC(C3)C1)C2)C(=O)c1sccc1-n1cnnn1. The molecule has 6 nitrogen and oxygen atoms in total. The number of aromatic nitrogens is 4. The molecule has 4 aliphatic rings. The molecule has 4 aliphatic carbocycles. The van der Waals surface area contributed by atoms with Crippen LogP contribution in [0.1, 0.15) is 48.2 Å². The predicted molar refractivity (Wildman–Crippen MR) is 94.6 cm³/mol. The molecule has 132 valence electrons. The molecule has 25 heavy (non-hydrogen) atoms. The Kier molecular flexibility index (Phi) is 3.48. The molecule has 2 aromatic rings.